The zero-order valence-electron chi connectivity index (χ0n) is 14.5. The summed E-state index contributed by atoms with van der Waals surface area (Å²) in [5.41, 5.74) is -0.239. The molecule has 0 spiro atoms. The summed E-state index contributed by atoms with van der Waals surface area (Å²) in [6.45, 7) is 1.56. The lowest BCUT2D eigenvalue weighted by molar-refractivity contribution is -0.138. The van der Waals surface area contributed by atoms with Crippen molar-refractivity contribution in [3.63, 3.8) is 0 Å². The third-order valence-corrected chi connectivity index (χ3v) is 6.15. The van der Waals surface area contributed by atoms with Crippen LogP contribution < -0.4 is 5.32 Å². The lowest BCUT2D eigenvalue weighted by Gasteiger charge is -2.36. The van der Waals surface area contributed by atoms with Crippen molar-refractivity contribution >= 4 is 40.9 Å². The fourth-order valence-corrected chi connectivity index (χ4v) is 4.12. The lowest BCUT2D eigenvalue weighted by Crippen LogP contribution is -2.52. The minimum Gasteiger partial charge on any atom is -0.343 e. The third-order valence-electron chi connectivity index (χ3n) is 5.41. The first kappa shape index (κ1) is 19.2. The van der Waals surface area contributed by atoms with Gasteiger partial charge < -0.3 is 4.90 Å². The fourth-order valence-electron chi connectivity index (χ4n) is 3.82. The number of carbonyl (C=O) groups is 3. The highest BCUT2D eigenvalue weighted by molar-refractivity contribution is 6.42. The Labute approximate surface area is 163 Å². The molecule has 1 aromatic rings. The van der Waals surface area contributed by atoms with Crippen molar-refractivity contribution in [2.45, 2.75) is 50.4 Å². The molecule has 2 saturated heterocycles. The Hall–Kier alpha value is -1.59. The van der Waals surface area contributed by atoms with E-state index in [0.717, 1.165) is 32.4 Å². The Morgan fingerprint density at radius 1 is 1.12 bits per heavy atom. The van der Waals surface area contributed by atoms with Gasteiger partial charge in [-0.15, -0.1) is 0 Å². The van der Waals surface area contributed by atoms with Crippen LogP contribution in [0.3, 0.4) is 0 Å². The molecule has 0 aliphatic carbocycles. The van der Waals surface area contributed by atoms with Gasteiger partial charge in [0.2, 0.25) is 17.7 Å². The van der Waals surface area contributed by atoms with Crippen LogP contribution in [0.1, 0.15) is 50.5 Å². The zero-order chi connectivity index (χ0) is 18.7. The second kappa shape index (κ2) is 7.97. The molecule has 7 heteroatoms. The molecule has 1 aromatic carbocycles. The van der Waals surface area contributed by atoms with Crippen LogP contribution in [-0.2, 0) is 19.8 Å². The Bertz CT molecular complexity index is 731. The van der Waals surface area contributed by atoms with Gasteiger partial charge >= 0.3 is 0 Å². The number of likely N-dealkylation sites (tertiary alicyclic amines) is 1. The van der Waals surface area contributed by atoms with Crippen molar-refractivity contribution in [3.05, 3.63) is 33.8 Å². The molecule has 1 unspecified atom stereocenters. The van der Waals surface area contributed by atoms with Gasteiger partial charge in [-0.3, -0.25) is 19.7 Å². The maximum absolute atomic E-state index is 12.8. The number of benzene rings is 1. The van der Waals surface area contributed by atoms with E-state index in [2.05, 4.69) is 5.32 Å². The van der Waals surface area contributed by atoms with Crippen molar-refractivity contribution in [3.8, 4) is 0 Å². The average molecular weight is 397 g/mol. The highest BCUT2D eigenvalue weighted by atomic mass is 35.5. The molecular formula is C19H22Cl2N2O3. The van der Waals surface area contributed by atoms with Gasteiger partial charge in [-0.2, -0.15) is 0 Å². The number of nitrogens with one attached hydrogen (secondary N) is 1. The number of imide groups is 1. The molecule has 0 saturated carbocycles. The zero-order valence-corrected chi connectivity index (χ0v) is 16.0. The van der Waals surface area contributed by atoms with Crippen molar-refractivity contribution in [1.29, 1.82) is 0 Å². The summed E-state index contributed by atoms with van der Waals surface area (Å²) in [7, 11) is 0. The average Bonchev–Trinajstić information content (AvgIpc) is 2.64. The van der Waals surface area contributed by atoms with E-state index in [-0.39, 0.29) is 30.6 Å². The molecule has 2 fully saturated rings. The van der Waals surface area contributed by atoms with Gasteiger partial charge in [0.05, 0.1) is 15.5 Å². The number of amides is 3. The van der Waals surface area contributed by atoms with E-state index in [9.17, 15) is 14.4 Å². The second-order valence-electron chi connectivity index (χ2n) is 7.03. The van der Waals surface area contributed by atoms with Gasteiger partial charge in [-0.25, -0.2) is 0 Å². The van der Waals surface area contributed by atoms with Crippen LogP contribution in [0.15, 0.2) is 18.2 Å². The van der Waals surface area contributed by atoms with E-state index in [0.29, 0.717) is 28.5 Å². The summed E-state index contributed by atoms with van der Waals surface area (Å²) < 4.78 is 0. The number of hydrogen-bond acceptors (Lipinski definition) is 3. The molecule has 1 atom stereocenters. The quantitative estimate of drug-likeness (QED) is 0.792. The molecule has 0 radical (unpaired) electrons. The van der Waals surface area contributed by atoms with Crippen molar-refractivity contribution < 1.29 is 14.4 Å². The monoisotopic (exact) mass is 396 g/mol. The van der Waals surface area contributed by atoms with Crippen molar-refractivity contribution in [1.82, 2.24) is 10.2 Å². The molecule has 0 aromatic heterocycles. The van der Waals surface area contributed by atoms with Gasteiger partial charge in [0.25, 0.3) is 0 Å². The summed E-state index contributed by atoms with van der Waals surface area (Å²) in [6.07, 6.45) is 4.42. The van der Waals surface area contributed by atoms with E-state index in [4.69, 9.17) is 23.2 Å². The molecule has 26 heavy (non-hydrogen) atoms. The molecule has 5 nitrogen and oxygen atoms in total. The maximum atomic E-state index is 12.8. The minimum absolute atomic E-state index is 0.0637. The number of halogens is 2. The predicted molar refractivity (Wildman–Crippen MR) is 100 cm³/mol. The van der Waals surface area contributed by atoms with Crippen molar-refractivity contribution in [2.24, 2.45) is 0 Å². The number of rotatable bonds is 4. The molecule has 2 heterocycles. The second-order valence-corrected chi connectivity index (χ2v) is 7.84. The van der Waals surface area contributed by atoms with E-state index in [1.54, 1.807) is 18.2 Å². The Kier molecular flexibility index (Phi) is 5.88. The Morgan fingerprint density at radius 3 is 2.50 bits per heavy atom. The third kappa shape index (κ3) is 3.89. The summed E-state index contributed by atoms with van der Waals surface area (Å²) in [5.74, 6) is -0.583. The van der Waals surface area contributed by atoms with Gasteiger partial charge in [-0.1, -0.05) is 29.3 Å². The van der Waals surface area contributed by atoms with Crippen LogP contribution in [0.2, 0.25) is 10.0 Å². The first-order chi connectivity index (χ1) is 12.4. The molecule has 3 rings (SSSR count). The molecule has 3 amide bonds. The Balaban J connectivity index is 1.83. The molecule has 0 bridgehead atoms. The lowest BCUT2D eigenvalue weighted by atomic mass is 9.70. The maximum Gasteiger partial charge on any atom is 0.237 e. The topological polar surface area (TPSA) is 66.5 Å². The van der Waals surface area contributed by atoms with E-state index in [1.807, 2.05) is 4.90 Å². The van der Waals surface area contributed by atoms with Crippen LogP contribution in [0.5, 0.6) is 0 Å². The SMILES string of the molecule is O=C1CCC(CCC(=O)N2CCCCC2)(c2ccc(Cl)c(Cl)c2)C(=O)N1. The van der Waals surface area contributed by atoms with Gasteiger partial charge in [-0.05, 0) is 49.8 Å². The fraction of sp³-hybridized carbons (Fsp3) is 0.526. The van der Waals surface area contributed by atoms with Crippen LogP contribution in [0.4, 0.5) is 0 Å². The van der Waals surface area contributed by atoms with Gasteiger partial charge in [0, 0.05) is 25.9 Å². The van der Waals surface area contributed by atoms with E-state index >= 15 is 0 Å². The van der Waals surface area contributed by atoms with E-state index < -0.39 is 5.41 Å². The van der Waals surface area contributed by atoms with Crippen LogP contribution >= 0.6 is 23.2 Å². The summed E-state index contributed by atoms with van der Waals surface area (Å²) in [4.78, 5) is 38.9. The standard InChI is InChI=1S/C19H22Cl2N2O3/c20-14-5-4-13(12-15(14)21)19(8-6-16(24)22-18(19)26)9-7-17(25)23-10-2-1-3-11-23/h4-5,12H,1-3,6-11H2,(H,22,24,26). The number of hydrogen-bond donors (Lipinski definition) is 1. The van der Waals surface area contributed by atoms with E-state index in [1.165, 1.54) is 0 Å². The molecule has 140 valence electrons. The highest BCUT2D eigenvalue weighted by Gasteiger charge is 2.44. The molecule has 2 aliphatic heterocycles. The first-order valence-electron chi connectivity index (χ1n) is 9.00. The summed E-state index contributed by atoms with van der Waals surface area (Å²) in [6, 6.07) is 5.08. The number of piperidine rings is 2. The minimum atomic E-state index is -0.937. The molecule has 1 N–H and O–H groups in total. The number of nitrogens with zero attached hydrogens (tertiary/aromatic N) is 1. The largest absolute Gasteiger partial charge is 0.343 e. The van der Waals surface area contributed by atoms with Crippen molar-refractivity contribution in [2.75, 3.05) is 13.1 Å². The van der Waals surface area contributed by atoms with Crippen LogP contribution in [0, 0.1) is 0 Å². The summed E-state index contributed by atoms with van der Waals surface area (Å²) in [5, 5.41) is 3.19. The van der Waals surface area contributed by atoms with Gasteiger partial charge in [0.15, 0.2) is 0 Å². The Morgan fingerprint density at radius 2 is 1.85 bits per heavy atom. The smallest absolute Gasteiger partial charge is 0.237 e. The summed E-state index contributed by atoms with van der Waals surface area (Å²) >= 11 is 12.2. The van der Waals surface area contributed by atoms with Gasteiger partial charge in [0.1, 0.15) is 0 Å². The van der Waals surface area contributed by atoms with Crippen LogP contribution in [-0.4, -0.2) is 35.7 Å². The molecular weight excluding hydrogens is 375 g/mol. The highest BCUT2D eigenvalue weighted by Crippen LogP contribution is 2.39. The number of carbonyl (C=O) groups excluding carboxylic acids is 3. The predicted octanol–water partition coefficient (Wildman–Crippen LogP) is 3.46. The van der Waals surface area contributed by atoms with Crippen LogP contribution in [0.25, 0.3) is 0 Å². The molecule has 2 aliphatic rings. The normalized spacial score (nSPS) is 23.7. The first-order valence-corrected chi connectivity index (χ1v) is 9.75.